The van der Waals surface area contributed by atoms with Gasteiger partial charge in [0.2, 0.25) is 5.91 Å². The van der Waals surface area contributed by atoms with Crippen molar-refractivity contribution < 1.29 is 9.32 Å². The van der Waals surface area contributed by atoms with Crippen molar-refractivity contribution in [2.45, 2.75) is 33.2 Å². The third-order valence-electron chi connectivity index (χ3n) is 3.87. The topological polar surface area (TPSA) is 68.0 Å². The van der Waals surface area contributed by atoms with Gasteiger partial charge in [0.15, 0.2) is 0 Å². The average molecular weight is 341 g/mol. The van der Waals surface area contributed by atoms with Crippen molar-refractivity contribution in [1.29, 1.82) is 0 Å². The Kier molecular flexibility index (Phi) is 5.05. The Balaban J connectivity index is 1.54. The van der Waals surface area contributed by atoms with Crippen LogP contribution in [-0.4, -0.2) is 16.0 Å². The first-order valence-corrected chi connectivity index (χ1v) is 8.68. The number of carbonyl (C=O) groups is 1. The molecule has 0 atom stereocenters. The van der Waals surface area contributed by atoms with E-state index in [1.165, 1.54) is 0 Å². The molecule has 0 bridgehead atoms. The molecule has 0 aliphatic heterocycles. The van der Waals surface area contributed by atoms with Crippen LogP contribution in [0.3, 0.4) is 0 Å². The fraction of sp³-hybridized carbons (Fsp3) is 0.278. The number of carbonyl (C=O) groups excluding carboxylic acids is 1. The maximum absolute atomic E-state index is 12.1. The van der Waals surface area contributed by atoms with Crippen molar-refractivity contribution >= 4 is 17.2 Å². The summed E-state index contributed by atoms with van der Waals surface area (Å²) in [4.78, 5) is 17.6. The minimum atomic E-state index is 0.0180. The van der Waals surface area contributed by atoms with Crippen LogP contribution in [0.1, 0.15) is 29.0 Å². The van der Waals surface area contributed by atoms with Crippen molar-refractivity contribution in [3.8, 4) is 10.6 Å². The molecule has 0 radical (unpaired) electrons. The second-order valence-corrected chi connectivity index (χ2v) is 6.55. The normalized spacial score (nSPS) is 10.8. The van der Waals surface area contributed by atoms with Gasteiger partial charge in [-0.3, -0.25) is 9.78 Å². The molecule has 24 heavy (non-hydrogen) atoms. The second kappa shape index (κ2) is 7.40. The Hall–Kier alpha value is -2.47. The number of thiophene rings is 1. The number of nitrogens with zero attached hydrogens (tertiary/aromatic N) is 2. The fourth-order valence-electron chi connectivity index (χ4n) is 2.53. The van der Waals surface area contributed by atoms with Crippen molar-refractivity contribution in [2.24, 2.45) is 0 Å². The summed E-state index contributed by atoms with van der Waals surface area (Å²) in [5.74, 6) is 0.805. The number of pyridine rings is 1. The number of hydrogen-bond donors (Lipinski definition) is 1. The van der Waals surface area contributed by atoms with Crippen LogP contribution in [0, 0.1) is 13.8 Å². The highest BCUT2D eigenvalue weighted by Gasteiger charge is 2.11. The van der Waals surface area contributed by atoms with E-state index in [0.717, 1.165) is 33.2 Å². The summed E-state index contributed by atoms with van der Waals surface area (Å²) < 4.78 is 5.12. The van der Waals surface area contributed by atoms with E-state index in [9.17, 15) is 4.79 Å². The van der Waals surface area contributed by atoms with Crippen LogP contribution in [0.25, 0.3) is 10.6 Å². The van der Waals surface area contributed by atoms with Gasteiger partial charge in [0.25, 0.3) is 0 Å². The second-order valence-electron chi connectivity index (χ2n) is 5.61. The molecule has 0 aromatic carbocycles. The Morgan fingerprint density at radius 1 is 1.33 bits per heavy atom. The van der Waals surface area contributed by atoms with Crippen LogP contribution < -0.4 is 5.32 Å². The van der Waals surface area contributed by atoms with Crippen LogP contribution in [0.4, 0.5) is 0 Å². The van der Waals surface area contributed by atoms with Crippen LogP contribution >= 0.6 is 11.3 Å². The van der Waals surface area contributed by atoms with Gasteiger partial charge in [-0.05, 0) is 49.4 Å². The van der Waals surface area contributed by atoms with Crippen molar-refractivity contribution in [3.63, 3.8) is 0 Å². The molecule has 3 heterocycles. The summed E-state index contributed by atoms with van der Waals surface area (Å²) in [6.45, 7) is 4.27. The van der Waals surface area contributed by atoms with Crippen LogP contribution in [0.5, 0.6) is 0 Å². The van der Waals surface area contributed by atoms with Gasteiger partial charge in [-0.15, -0.1) is 11.3 Å². The van der Waals surface area contributed by atoms with E-state index in [1.807, 2.05) is 43.5 Å². The molecule has 0 saturated heterocycles. The van der Waals surface area contributed by atoms with Crippen LogP contribution in [0.15, 0.2) is 40.4 Å². The quantitative estimate of drug-likeness (QED) is 0.743. The molecule has 3 aromatic rings. The summed E-state index contributed by atoms with van der Waals surface area (Å²) in [6, 6.07) is 7.98. The van der Waals surface area contributed by atoms with Gasteiger partial charge in [-0.25, -0.2) is 0 Å². The van der Waals surface area contributed by atoms with Crippen LogP contribution in [-0.2, 0) is 17.8 Å². The van der Waals surface area contributed by atoms with Crippen molar-refractivity contribution in [3.05, 3.63) is 58.4 Å². The van der Waals surface area contributed by atoms with Gasteiger partial charge in [0.05, 0.1) is 16.3 Å². The molecule has 1 amide bonds. The van der Waals surface area contributed by atoms with E-state index < -0.39 is 0 Å². The van der Waals surface area contributed by atoms with Gasteiger partial charge in [0.1, 0.15) is 5.76 Å². The Morgan fingerprint density at radius 3 is 2.92 bits per heavy atom. The summed E-state index contributed by atoms with van der Waals surface area (Å²) in [6.07, 6.45) is 2.84. The molecule has 124 valence electrons. The molecule has 0 aliphatic carbocycles. The number of nitrogens with one attached hydrogen (secondary N) is 1. The van der Waals surface area contributed by atoms with Gasteiger partial charge in [-0.1, -0.05) is 11.2 Å². The number of hydrogen-bond acceptors (Lipinski definition) is 5. The summed E-state index contributed by atoms with van der Waals surface area (Å²) in [5, 5.41) is 8.90. The maximum atomic E-state index is 12.1. The van der Waals surface area contributed by atoms with E-state index >= 15 is 0 Å². The van der Waals surface area contributed by atoms with E-state index in [4.69, 9.17) is 4.52 Å². The predicted molar refractivity (Wildman–Crippen MR) is 93.7 cm³/mol. The van der Waals surface area contributed by atoms with Gasteiger partial charge in [-0.2, -0.15) is 0 Å². The van der Waals surface area contributed by atoms with E-state index in [0.29, 0.717) is 19.4 Å². The summed E-state index contributed by atoms with van der Waals surface area (Å²) in [5.41, 5.74) is 3.86. The van der Waals surface area contributed by atoms with Crippen molar-refractivity contribution in [1.82, 2.24) is 15.5 Å². The highest BCUT2D eigenvalue weighted by atomic mass is 32.1. The molecule has 3 aromatic heterocycles. The number of aryl methyl sites for hydroxylation is 2. The SMILES string of the molecule is Cc1noc(C)c1CCC(=O)NCc1ccnc(-c2cccs2)c1. The molecule has 1 N–H and O–H groups in total. The lowest BCUT2D eigenvalue weighted by atomic mass is 10.1. The third-order valence-corrected chi connectivity index (χ3v) is 4.76. The lowest BCUT2D eigenvalue weighted by molar-refractivity contribution is -0.121. The first-order valence-electron chi connectivity index (χ1n) is 7.80. The molecular weight excluding hydrogens is 322 g/mol. The Morgan fingerprint density at radius 2 is 2.21 bits per heavy atom. The first-order chi connectivity index (χ1) is 11.6. The summed E-state index contributed by atoms with van der Waals surface area (Å²) in [7, 11) is 0. The van der Waals surface area contributed by atoms with Gasteiger partial charge in [0, 0.05) is 24.7 Å². The van der Waals surface area contributed by atoms with Gasteiger partial charge < -0.3 is 9.84 Å². The van der Waals surface area contributed by atoms with E-state index in [-0.39, 0.29) is 5.91 Å². The zero-order chi connectivity index (χ0) is 16.9. The first kappa shape index (κ1) is 16.4. The molecule has 5 nitrogen and oxygen atoms in total. The Bertz CT molecular complexity index is 805. The number of aromatic nitrogens is 2. The van der Waals surface area contributed by atoms with E-state index in [2.05, 4.69) is 15.5 Å². The molecule has 3 rings (SSSR count). The zero-order valence-electron chi connectivity index (χ0n) is 13.7. The molecule has 6 heteroatoms. The zero-order valence-corrected chi connectivity index (χ0v) is 14.5. The predicted octanol–water partition coefficient (Wildman–Crippen LogP) is 3.66. The summed E-state index contributed by atoms with van der Waals surface area (Å²) >= 11 is 1.65. The average Bonchev–Trinajstić information content (AvgIpc) is 3.22. The highest BCUT2D eigenvalue weighted by Crippen LogP contribution is 2.23. The minimum absolute atomic E-state index is 0.0180. The molecule has 0 saturated carbocycles. The molecular formula is C18H19N3O2S. The van der Waals surface area contributed by atoms with Gasteiger partial charge >= 0.3 is 0 Å². The molecule has 0 fully saturated rings. The lowest BCUT2D eigenvalue weighted by Crippen LogP contribution is -2.23. The van der Waals surface area contributed by atoms with Crippen molar-refractivity contribution in [2.75, 3.05) is 0 Å². The smallest absolute Gasteiger partial charge is 0.220 e. The Labute approximate surface area is 144 Å². The van der Waals surface area contributed by atoms with E-state index in [1.54, 1.807) is 17.5 Å². The largest absolute Gasteiger partial charge is 0.361 e. The fourth-order valence-corrected chi connectivity index (χ4v) is 3.22. The third kappa shape index (κ3) is 3.89. The standard InChI is InChI=1S/C18H19N3O2S/c1-12-15(13(2)23-21-12)5-6-18(22)20-11-14-7-8-19-16(10-14)17-4-3-9-24-17/h3-4,7-10H,5-6,11H2,1-2H3,(H,20,22). The lowest BCUT2D eigenvalue weighted by Gasteiger charge is -2.06. The molecule has 0 aliphatic rings. The monoisotopic (exact) mass is 341 g/mol. The minimum Gasteiger partial charge on any atom is -0.361 e. The maximum Gasteiger partial charge on any atom is 0.220 e. The number of rotatable bonds is 6. The molecule has 0 unspecified atom stereocenters. The van der Waals surface area contributed by atoms with Crippen LogP contribution in [0.2, 0.25) is 0 Å². The molecule has 0 spiro atoms. The number of amides is 1. The highest BCUT2D eigenvalue weighted by molar-refractivity contribution is 7.13.